The van der Waals surface area contributed by atoms with Gasteiger partial charge in [-0.3, -0.25) is 0 Å². The van der Waals surface area contributed by atoms with Crippen LogP contribution in [0.4, 0.5) is 13.2 Å². The Kier molecular flexibility index (Phi) is 4.01. The number of thiophene rings is 1. The normalized spacial score (nSPS) is 14.4. The fourth-order valence-electron chi connectivity index (χ4n) is 1.06. The van der Waals surface area contributed by atoms with Crippen LogP contribution >= 0.6 is 27.3 Å². The second-order valence-electron chi connectivity index (χ2n) is 2.94. The first-order chi connectivity index (χ1) is 6.42. The minimum Gasteiger partial charge on any atom is -0.171 e. The van der Waals surface area contributed by atoms with Crippen molar-refractivity contribution in [2.24, 2.45) is 0 Å². The van der Waals surface area contributed by atoms with Crippen LogP contribution in [0.25, 0.3) is 0 Å². The minimum atomic E-state index is -4.11. The van der Waals surface area contributed by atoms with Crippen molar-refractivity contribution in [3.63, 3.8) is 0 Å². The largest absolute Gasteiger partial charge is 0.390 e. The third-order valence-corrected chi connectivity index (χ3v) is 4.21. The fourth-order valence-corrected chi connectivity index (χ4v) is 2.79. The van der Waals surface area contributed by atoms with Crippen LogP contribution in [0.1, 0.15) is 27.9 Å². The highest BCUT2D eigenvalue weighted by Crippen LogP contribution is 2.38. The molecule has 0 saturated carbocycles. The molecule has 0 amide bonds. The summed E-state index contributed by atoms with van der Waals surface area (Å²) in [5.41, 5.74) is 0. The lowest BCUT2D eigenvalue weighted by atomic mass is 10.2. The van der Waals surface area contributed by atoms with Crippen LogP contribution in [-0.2, 0) is 6.42 Å². The van der Waals surface area contributed by atoms with Crippen molar-refractivity contribution in [3.05, 3.63) is 21.9 Å². The van der Waals surface area contributed by atoms with Crippen LogP contribution in [0, 0.1) is 0 Å². The van der Waals surface area contributed by atoms with Gasteiger partial charge in [-0.15, -0.1) is 11.3 Å². The van der Waals surface area contributed by atoms with E-state index >= 15 is 0 Å². The highest BCUT2D eigenvalue weighted by molar-refractivity contribution is 9.09. The van der Waals surface area contributed by atoms with Crippen LogP contribution in [0.3, 0.4) is 0 Å². The minimum absolute atomic E-state index is 0.604. The average molecular weight is 287 g/mol. The van der Waals surface area contributed by atoms with Gasteiger partial charge in [0.15, 0.2) is 0 Å². The number of rotatable bonds is 3. The zero-order valence-electron chi connectivity index (χ0n) is 7.57. The Morgan fingerprint density at radius 2 is 2.07 bits per heavy atom. The van der Waals surface area contributed by atoms with Gasteiger partial charge >= 0.3 is 6.18 Å². The Labute approximate surface area is 93.3 Å². The number of hydrogen-bond acceptors (Lipinski definition) is 1. The van der Waals surface area contributed by atoms with Crippen molar-refractivity contribution < 1.29 is 13.2 Å². The molecule has 1 atom stereocenters. The summed E-state index contributed by atoms with van der Waals surface area (Å²) in [6.45, 7) is 1.99. The molecule has 1 heterocycles. The Bertz CT molecular complexity index is 292. The van der Waals surface area contributed by atoms with E-state index in [9.17, 15) is 13.2 Å². The fraction of sp³-hybridized carbons (Fsp3) is 0.556. The SMILES string of the molecule is CCc1ccc(C(Br)CC(F)(F)F)s1. The second-order valence-corrected chi connectivity index (χ2v) is 5.25. The van der Waals surface area contributed by atoms with E-state index in [0.717, 1.165) is 16.2 Å². The lowest BCUT2D eigenvalue weighted by molar-refractivity contribution is -0.134. The third-order valence-electron chi connectivity index (χ3n) is 1.75. The van der Waals surface area contributed by atoms with Crippen LogP contribution in [0.5, 0.6) is 0 Å². The summed E-state index contributed by atoms with van der Waals surface area (Å²) in [7, 11) is 0. The summed E-state index contributed by atoms with van der Waals surface area (Å²) < 4.78 is 36.2. The van der Waals surface area contributed by atoms with Crippen molar-refractivity contribution in [1.82, 2.24) is 0 Å². The van der Waals surface area contributed by atoms with E-state index in [2.05, 4.69) is 15.9 Å². The molecule has 5 heteroatoms. The lowest BCUT2D eigenvalue weighted by Crippen LogP contribution is -2.09. The molecule has 0 saturated heterocycles. The maximum Gasteiger partial charge on any atom is 0.390 e. The van der Waals surface area contributed by atoms with Gasteiger partial charge < -0.3 is 0 Å². The summed E-state index contributed by atoms with van der Waals surface area (Å²) in [5, 5.41) is 0. The van der Waals surface area contributed by atoms with Crippen molar-refractivity contribution >= 4 is 27.3 Å². The summed E-state index contributed by atoms with van der Waals surface area (Å²) in [5.74, 6) is 0. The molecular formula is C9H10BrF3S. The average Bonchev–Trinajstić information content (AvgIpc) is 2.48. The second kappa shape index (κ2) is 4.66. The van der Waals surface area contributed by atoms with E-state index in [-0.39, 0.29) is 0 Å². The van der Waals surface area contributed by atoms with Gasteiger partial charge in [-0.2, -0.15) is 13.2 Å². The number of alkyl halides is 4. The molecule has 14 heavy (non-hydrogen) atoms. The third kappa shape index (κ3) is 3.61. The van der Waals surface area contributed by atoms with Crippen molar-refractivity contribution in [2.45, 2.75) is 30.8 Å². The zero-order chi connectivity index (χ0) is 10.8. The summed E-state index contributed by atoms with van der Waals surface area (Å²) in [6, 6.07) is 3.64. The highest BCUT2D eigenvalue weighted by atomic mass is 79.9. The maximum absolute atomic E-state index is 12.1. The van der Waals surface area contributed by atoms with Crippen LogP contribution in [-0.4, -0.2) is 6.18 Å². The van der Waals surface area contributed by atoms with E-state index in [1.54, 1.807) is 6.07 Å². The molecule has 80 valence electrons. The molecule has 0 spiro atoms. The van der Waals surface area contributed by atoms with Gasteiger partial charge in [-0.1, -0.05) is 22.9 Å². The molecule has 0 aliphatic heterocycles. The molecule has 1 aromatic rings. The molecule has 0 N–H and O–H groups in total. The highest BCUT2D eigenvalue weighted by Gasteiger charge is 2.31. The van der Waals surface area contributed by atoms with Crippen LogP contribution < -0.4 is 0 Å². The molecule has 0 bridgehead atoms. The van der Waals surface area contributed by atoms with Gasteiger partial charge in [0.05, 0.1) is 11.2 Å². The van der Waals surface area contributed by atoms with Crippen molar-refractivity contribution in [1.29, 1.82) is 0 Å². The van der Waals surface area contributed by atoms with E-state index in [1.165, 1.54) is 11.3 Å². The van der Waals surface area contributed by atoms with Gasteiger partial charge in [0, 0.05) is 9.75 Å². The standard InChI is InChI=1S/C9H10BrF3S/c1-2-6-3-4-8(14-6)7(10)5-9(11,12)13/h3-4,7H,2,5H2,1H3. The predicted octanol–water partition coefficient (Wildman–Crippen LogP) is 4.70. The smallest absolute Gasteiger partial charge is 0.171 e. The molecule has 1 aromatic heterocycles. The first kappa shape index (κ1) is 12.0. The van der Waals surface area contributed by atoms with Gasteiger partial charge in [0.2, 0.25) is 0 Å². The zero-order valence-corrected chi connectivity index (χ0v) is 9.97. The summed E-state index contributed by atoms with van der Waals surface area (Å²) >= 11 is 4.49. The number of hydrogen-bond donors (Lipinski definition) is 0. The molecular weight excluding hydrogens is 277 g/mol. The van der Waals surface area contributed by atoms with Crippen molar-refractivity contribution in [3.8, 4) is 0 Å². The van der Waals surface area contributed by atoms with Gasteiger partial charge in [-0.05, 0) is 18.6 Å². The van der Waals surface area contributed by atoms with E-state index in [0.29, 0.717) is 0 Å². The lowest BCUT2D eigenvalue weighted by Gasteiger charge is -2.10. The summed E-state index contributed by atoms with van der Waals surface area (Å²) in [4.78, 5) is 1.26. The molecule has 0 aliphatic rings. The first-order valence-electron chi connectivity index (χ1n) is 4.22. The van der Waals surface area contributed by atoms with E-state index in [4.69, 9.17) is 0 Å². The Morgan fingerprint density at radius 1 is 1.43 bits per heavy atom. The monoisotopic (exact) mass is 286 g/mol. The Balaban J connectivity index is 2.65. The van der Waals surface area contributed by atoms with E-state index < -0.39 is 17.4 Å². The van der Waals surface area contributed by atoms with Gasteiger partial charge in [-0.25, -0.2) is 0 Å². The van der Waals surface area contributed by atoms with Gasteiger partial charge in [0.25, 0.3) is 0 Å². The molecule has 0 aliphatic carbocycles. The summed E-state index contributed by atoms with van der Waals surface area (Å²) in [6.07, 6.45) is -4.04. The molecule has 0 radical (unpaired) electrons. The first-order valence-corrected chi connectivity index (χ1v) is 5.95. The Morgan fingerprint density at radius 3 is 2.50 bits per heavy atom. The molecule has 0 fully saturated rings. The van der Waals surface area contributed by atoms with E-state index in [1.807, 2.05) is 13.0 Å². The van der Waals surface area contributed by atoms with Crippen LogP contribution in [0.2, 0.25) is 0 Å². The van der Waals surface area contributed by atoms with Crippen LogP contribution in [0.15, 0.2) is 12.1 Å². The quantitative estimate of drug-likeness (QED) is 0.707. The number of halogens is 4. The Hall–Kier alpha value is -0.0300. The molecule has 0 nitrogen and oxygen atoms in total. The van der Waals surface area contributed by atoms with Crippen molar-refractivity contribution in [2.75, 3.05) is 0 Å². The predicted molar refractivity (Wildman–Crippen MR) is 56.0 cm³/mol. The number of aryl methyl sites for hydroxylation is 1. The molecule has 0 aromatic carbocycles. The molecule has 1 unspecified atom stereocenters. The maximum atomic E-state index is 12.1. The topological polar surface area (TPSA) is 0 Å². The van der Waals surface area contributed by atoms with Gasteiger partial charge in [0.1, 0.15) is 0 Å². The molecule has 1 rings (SSSR count).